The Hall–Kier alpha value is -2.90. The number of amides is 1. The van der Waals surface area contributed by atoms with E-state index in [1.165, 1.54) is 25.7 Å². The van der Waals surface area contributed by atoms with E-state index < -0.39 is 0 Å². The molecule has 33 heavy (non-hydrogen) atoms. The van der Waals surface area contributed by atoms with Crippen molar-refractivity contribution < 1.29 is 14.6 Å². The lowest BCUT2D eigenvalue weighted by Crippen LogP contribution is -2.35. The predicted molar refractivity (Wildman–Crippen MR) is 129 cm³/mol. The lowest BCUT2D eigenvalue weighted by molar-refractivity contribution is 0.0342. The zero-order valence-electron chi connectivity index (χ0n) is 19.2. The Bertz CT molecular complexity index is 1130. The quantitative estimate of drug-likeness (QED) is 0.593. The number of hydrogen-bond acceptors (Lipinski definition) is 5. The molecule has 2 aliphatic rings. The number of nitrogens with zero attached hydrogens (tertiary/aromatic N) is 3. The first-order valence-electron chi connectivity index (χ1n) is 12.0. The minimum Gasteiger partial charge on any atom is -0.507 e. The highest BCUT2D eigenvalue weighted by molar-refractivity contribution is 6.09. The van der Waals surface area contributed by atoms with Crippen LogP contribution in [0.15, 0.2) is 36.4 Å². The first-order chi connectivity index (χ1) is 16.1. The van der Waals surface area contributed by atoms with Crippen LogP contribution in [0.25, 0.3) is 10.9 Å². The van der Waals surface area contributed by atoms with Crippen LogP contribution in [0.1, 0.15) is 47.3 Å². The zero-order chi connectivity index (χ0) is 22.8. The Labute approximate surface area is 194 Å². The summed E-state index contributed by atoms with van der Waals surface area (Å²) in [5, 5.41) is 19.1. The monoisotopic (exact) mass is 448 g/mol. The fraction of sp³-hybridized carbons (Fsp3) is 0.462. The van der Waals surface area contributed by atoms with Crippen molar-refractivity contribution >= 4 is 22.5 Å². The molecule has 0 atom stereocenters. The number of phenols is 1. The molecule has 174 valence electrons. The SMILES string of the molecule is CN(C(=O)c1cc2c(CC3CCCC3)n[nH]c2cc1O)c1cccc(CN2CCOCC2)c1. The van der Waals surface area contributed by atoms with Gasteiger partial charge in [0.15, 0.2) is 0 Å². The highest BCUT2D eigenvalue weighted by atomic mass is 16.5. The van der Waals surface area contributed by atoms with Crippen molar-refractivity contribution in [3.63, 3.8) is 0 Å². The van der Waals surface area contributed by atoms with Gasteiger partial charge in [0.25, 0.3) is 5.91 Å². The van der Waals surface area contributed by atoms with E-state index >= 15 is 0 Å². The molecular weight excluding hydrogens is 416 g/mol. The minimum absolute atomic E-state index is 0.0279. The molecule has 2 N–H and O–H groups in total. The molecule has 1 saturated carbocycles. The molecule has 1 aliphatic heterocycles. The highest BCUT2D eigenvalue weighted by Gasteiger charge is 2.22. The first-order valence-corrected chi connectivity index (χ1v) is 12.0. The summed E-state index contributed by atoms with van der Waals surface area (Å²) < 4.78 is 5.44. The Morgan fingerprint density at radius 2 is 2.00 bits per heavy atom. The third kappa shape index (κ3) is 4.75. The van der Waals surface area contributed by atoms with Gasteiger partial charge in [-0.2, -0.15) is 5.10 Å². The molecule has 0 bridgehead atoms. The normalized spacial score (nSPS) is 17.6. The van der Waals surface area contributed by atoms with Gasteiger partial charge in [0.1, 0.15) is 5.75 Å². The molecule has 1 aromatic heterocycles. The van der Waals surface area contributed by atoms with E-state index in [2.05, 4.69) is 21.2 Å². The molecule has 5 rings (SSSR count). The number of aromatic amines is 1. The Morgan fingerprint density at radius 3 is 2.79 bits per heavy atom. The predicted octanol–water partition coefficient (Wildman–Crippen LogP) is 4.11. The third-order valence-electron chi connectivity index (χ3n) is 7.06. The lowest BCUT2D eigenvalue weighted by atomic mass is 9.99. The van der Waals surface area contributed by atoms with Crippen LogP contribution >= 0.6 is 0 Å². The number of nitrogens with one attached hydrogen (secondary N) is 1. The van der Waals surface area contributed by atoms with Crippen molar-refractivity contribution in [1.82, 2.24) is 15.1 Å². The average Bonchev–Trinajstić information content (AvgIpc) is 3.49. The van der Waals surface area contributed by atoms with E-state index in [-0.39, 0.29) is 11.7 Å². The number of morpholine rings is 1. The van der Waals surface area contributed by atoms with E-state index in [1.54, 1.807) is 24.1 Å². The van der Waals surface area contributed by atoms with Gasteiger partial charge in [-0.3, -0.25) is 14.8 Å². The van der Waals surface area contributed by atoms with Crippen molar-refractivity contribution in [1.29, 1.82) is 0 Å². The summed E-state index contributed by atoms with van der Waals surface area (Å²) in [5.41, 5.74) is 4.03. The van der Waals surface area contributed by atoms with Gasteiger partial charge < -0.3 is 14.7 Å². The third-order valence-corrected chi connectivity index (χ3v) is 7.06. The number of H-pyrrole nitrogens is 1. The summed E-state index contributed by atoms with van der Waals surface area (Å²) in [7, 11) is 1.76. The number of benzene rings is 2. The number of phenolic OH excluding ortho intramolecular Hbond substituents is 1. The highest BCUT2D eigenvalue weighted by Crippen LogP contribution is 2.32. The van der Waals surface area contributed by atoms with Gasteiger partial charge in [0.2, 0.25) is 0 Å². The molecular formula is C26H32N4O3. The molecule has 7 heteroatoms. The van der Waals surface area contributed by atoms with Crippen LogP contribution < -0.4 is 4.90 Å². The number of carbonyl (C=O) groups excluding carboxylic acids is 1. The van der Waals surface area contributed by atoms with E-state index in [0.717, 1.165) is 67.1 Å². The Kier molecular flexibility index (Phi) is 6.33. The van der Waals surface area contributed by atoms with Gasteiger partial charge in [0.05, 0.1) is 30.0 Å². The van der Waals surface area contributed by atoms with Gasteiger partial charge in [-0.05, 0) is 36.1 Å². The number of carbonyl (C=O) groups is 1. The van der Waals surface area contributed by atoms with Crippen LogP contribution in [0, 0.1) is 5.92 Å². The lowest BCUT2D eigenvalue weighted by Gasteiger charge is -2.27. The van der Waals surface area contributed by atoms with Crippen LogP contribution in [0.2, 0.25) is 0 Å². The van der Waals surface area contributed by atoms with Gasteiger partial charge in [0, 0.05) is 43.8 Å². The van der Waals surface area contributed by atoms with Crippen molar-refractivity contribution in [3.05, 3.63) is 53.2 Å². The fourth-order valence-corrected chi connectivity index (χ4v) is 5.10. The number of aromatic hydroxyl groups is 1. The summed E-state index contributed by atoms with van der Waals surface area (Å²) >= 11 is 0. The molecule has 7 nitrogen and oxygen atoms in total. The van der Waals surface area contributed by atoms with E-state index in [4.69, 9.17) is 4.74 Å². The Morgan fingerprint density at radius 1 is 1.21 bits per heavy atom. The molecule has 1 saturated heterocycles. The molecule has 0 radical (unpaired) electrons. The molecule has 1 aliphatic carbocycles. The van der Waals surface area contributed by atoms with Crippen molar-refractivity contribution in [2.45, 2.75) is 38.6 Å². The summed E-state index contributed by atoms with van der Waals surface area (Å²) in [5.74, 6) is 0.396. The maximum atomic E-state index is 13.4. The molecule has 3 aromatic rings. The summed E-state index contributed by atoms with van der Waals surface area (Å²) in [4.78, 5) is 17.4. The van der Waals surface area contributed by atoms with E-state index in [1.807, 2.05) is 18.2 Å². The number of anilines is 1. The van der Waals surface area contributed by atoms with E-state index in [0.29, 0.717) is 11.5 Å². The Balaban J connectivity index is 1.37. The summed E-state index contributed by atoms with van der Waals surface area (Å²) in [6, 6.07) is 11.5. The van der Waals surface area contributed by atoms with Crippen molar-refractivity contribution in [2.24, 2.45) is 5.92 Å². The molecule has 0 unspecified atom stereocenters. The number of hydrogen-bond donors (Lipinski definition) is 2. The zero-order valence-corrected chi connectivity index (χ0v) is 19.2. The van der Waals surface area contributed by atoms with Crippen LogP contribution in [0.5, 0.6) is 5.75 Å². The van der Waals surface area contributed by atoms with Crippen LogP contribution in [-0.2, 0) is 17.7 Å². The van der Waals surface area contributed by atoms with Gasteiger partial charge in [-0.1, -0.05) is 37.8 Å². The van der Waals surface area contributed by atoms with Gasteiger partial charge in [-0.25, -0.2) is 0 Å². The minimum atomic E-state index is -0.231. The largest absolute Gasteiger partial charge is 0.507 e. The van der Waals surface area contributed by atoms with Gasteiger partial charge in [-0.15, -0.1) is 0 Å². The van der Waals surface area contributed by atoms with E-state index in [9.17, 15) is 9.90 Å². The second-order valence-corrected chi connectivity index (χ2v) is 9.36. The second kappa shape index (κ2) is 9.53. The molecule has 2 aromatic carbocycles. The smallest absolute Gasteiger partial charge is 0.261 e. The summed E-state index contributed by atoms with van der Waals surface area (Å²) in [6.07, 6.45) is 5.96. The second-order valence-electron chi connectivity index (χ2n) is 9.36. The molecule has 2 fully saturated rings. The van der Waals surface area contributed by atoms with Crippen LogP contribution in [-0.4, -0.2) is 59.5 Å². The maximum Gasteiger partial charge on any atom is 0.261 e. The molecule has 1 amide bonds. The number of aromatic nitrogens is 2. The standard InChI is InChI=1S/C26H32N4O3/c1-29(20-8-4-7-19(13-20)17-30-9-11-33-12-10-30)26(32)22-15-21-23(14-18-5-2-3-6-18)27-28-24(21)16-25(22)31/h4,7-8,13,15-16,18,31H,2-3,5-6,9-12,14,17H2,1H3,(H,27,28). The number of fused-ring (bicyclic) bond motifs is 1. The molecule has 2 heterocycles. The van der Waals surface area contributed by atoms with Crippen molar-refractivity contribution in [3.8, 4) is 5.75 Å². The van der Waals surface area contributed by atoms with Crippen molar-refractivity contribution in [2.75, 3.05) is 38.3 Å². The maximum absolute atomic E-state index is 13.4. The average molecular weight is 449 g/mol. The number of rotatable bonds is 6. The van der Waals surface area contributed by atoms with Gasteiger partial charge >= 0.3 is 0 Å². The first kappa shape index (κ1) is 21.9. The summed E-state index contributed by atoms with van der Waals surface area (Å²) in [6.45, 7) is 4.19. The van der Waals surface area contributed by atoms with Crippen LogP contribution in [0.3, 0.4) is 0 Å². The number of ether oxygens (including phenoxy) is 1. The topological polar surface area (TPSA) is 81.7 Å². The van der Waals surface area contributed by atoms with Crippen LogP contribution in [0.4, 0.5) is 5.69 Å². The fourth-order valence-electron chi connectivity index (χ4n) is 5.10. The molecule has 0 spiro atoms.